The van der Waals surface area contributed by atoms with Gasteiger partial charge in [0.1, 0.15) is 12.3 Å². The summed E-state index contributed by atoms with van der Waals surface area (Å²) in [7, 11) is 0. The molecule has 1 aromatic heterocycles. The number of carbonyl (C=O) groups excluding carboxylic acids is 1. The fraction of sp³-hybridized carbons (Fsp3) is 0.593. The zero-order valence-corrected chi connectivity index (χ0v) is 20.6. The van der Waals surface area contributed by atoms with Gasteiger partial charge in [-0.2, -0.15) is 0 Å². The summed E-state index contributed by atoms with van der Waals surface area (Å²) in [5, 5.41) is 11.6. The van der Waals surface area contributed by atoms with E-state index in [1.54, 1.807) is 12.1 Å². The standard InChI is InChI=1S/C27H38NO4S/c1-2-28(17-10-20-33-24-13-7-4-8-14-24)18-16-23(21-28)32-26(29)27(30,25-15-9-19-31-25)22-11-5-3-6-12-22/h4,7-9,13-15,19,22-23,30H,2-3,5-6,10-12,16-18,20-21H2,1H3/q+1. The normalized spacial score (nSPS) is 25.6. The Morgan fingerprint density at radius 3 is 2.64 bits per heavy atom. The van der Waals surface area contributed by atoms with E-state index < -0.39 is 11.6 Å². The van der Waals surface area contributed by atoms with E-state index in [2.05, 4.69) is 31.2 Å². The summed E-state index contributed by atoms with van der Waals surface area (Å²) in [6.45, 7) is 6.21. The van der Waals surface area contributed by atoms with Gasteiger partial charge in [-0.05, 0) is 44.0 Å². The molecule has 2 aromatic rings. The summed E-state index contributed by atoms with van der Waals surface area (Å²) in [6, 6.07) is 14.0. The minimum absolute atomic E-state index is 0.147. The highest BCUT2D eigenvalue weighted by molar-refractivity contribution is 7.99. The molecule has 5 nitrogen and oxygen atoms in total. The van der Waals surface area contributed by atoms with E-state index in [1.165, 1.54) is 11.2 Å². The molecule has 1 aliphatic heterocycles. The molecule has 1 saturated carbocycles. The third-order valence-corrected chi connectivity index (χ3v) is 8.75. The van der Waals surface area contributed by atoms with Gasteiger partial charge in [-0.3, -0.25) is 0 Å². The Bertz CT molecular complexity index is 868. The predicted octanol–water partition coefficient (Wildman–Crippen LogP) is 5.38. The van der Waals surface area contributed by atoms with Crippen LogP contribution >= 0.6 is 11.8 Å². The van der Waals surface area contributed by atoms with Crippen LogP contribution in [0.2, 0.25) is 0 Å². The van der Waals surface area contributed by atoms with Crippen LogP contribution in [-0.2, 0) is 15.1 Å². The van der Waals surface area contributed by atoms with E-state index in [0.717, 1.165) is 81.4 Å². The molecule has 0 spiro atoms. The maximum absolute atomic E-state index is 13.4. The number of ether oxygens (including phenoxy) is 1. The van der Waals surface area contributed by atoms with Crippen molar-refractivity contribution in [3.8, 4) is 0 Å². The van der Waals surface area contributed by atoms with Crippen LogP contribution in [0, 0.1) is 5.92 Å². The average molecular weight is 473 g/mol. The van der Waals surface area contributed by atoms with Crippen LogP contribution in [0.15, 0.2) is 58.0 Å². The highest BCUT2D eigenvalue weighted by Gasteiger charge is 2.51. The van der Waals surface area contributed by atoms with Crippen molar-refractivity contribution in [3.63, 3.8) is 0 Å². The van der Waals surface area contributed by atoms with E-state index in [-0.39, 0.29) is 12.0 Å². The van der Waals surface area contributed by atoms with Crippen LogP contribution in [0.1, 0.15) is 57.6 Å². The Morgan fingerprint density at radius 2 is 1.94 bits per heavy atom. The minimum atomic E-state index is -1.68. The maximum Gasteiger partial charge on any atom is 0.346 e. The molecule has 0 bridgehead atoms. The van der Waals surface area contributed by atoms with Gasteiger partial charge in [0.05, 0.1) is 25.9 Å². The van der Waals surface area contributed by atoms with Gasteiger partial charge < -0.3 is 18.7 Å². The smallest absolute Gasteiger partial charge is 0.346 e. The van der Waals surface area contributed by atoms with Crippen molar-refractivity contribution in [2.45, 2.75) is 68.5 Å². The van der Waals surface area contributed by atoms with Gasteiger partial charge >= 0.3 is 5.97 Å². The second kappa shape index (κ2) is 11.1. The lowest BCUT2D eigenvalue weighted by atomic mass is 9.75. The van der Waals surface area contributed by atoms with Crippen molar-refractivity contribution in [2.75, 3.05) is 31.9 Å². The lowest BCUT2D eigenvalue weighted by Crippen LogP contribution is -2.49. The minimum Gasteiger partial charge on any atom is -0.466 e. The van der Waals surface area contributed by atoms with Gasteiger partial charge in [-0.1, -0.05) is 37.5 Å². The number of carbonyl (C=O) groups is 1. The molecule has 2 aliphatic rings. The highest BCUT2D eigenvalue weighted by Crippen LogP contribution is 2.41. The summed E-state index contributed by atoms with van der Waals surface area (Å²) in [5.41, 5.74) is -1.68. The van der Waals surface area contributed by atoms with Crippen molar-refractivity contribution in [1.82, 2.24) is 0 Å². The molecule has 2 fully saturated rings. The van der Waals surface area contributed by atoms with Crippen LogP contribution in [0.4, 0.5) is 0 Å². The third-order valence-electron chi connectivity index (χ3n) is 7.65. The number of furan rings is 1. The molecular weight excluding hydrogens is 434 g/mol. The summed E-state index contributed by atoms with van der Waals surface area (Å²) >= 11 is 1.90. The average Bonchev–Trinajstić information content (AvgIpc) is 3.54. The van der Waals surface area contributed by atoms with Gasteiger partial charge in [0.15, 0.2) is 6.10 Å². The molecule has 4 rings (SSSR count). The first kappa shape index (κ1) is 24.4. The van der Waals surface area contributed by atoms with Crippen LogP contribution in [0.25, 0.3) is 0 Å². The summed E-state index contributed by atoms with van der Waals surface area (Å²) in [6.07, 6.45) is 8.22. The lowest BCUT2D eigenvalue weighted by Gasteiger charge is -2.36. The molecule has 1 aliphatic carbocycles. The molecule has 1 N–H and O–H groups in total. The molecule has 6 heteroatoms. The van der Waals surface area contributed by atoms with Crippen LogP contribution in [-0.4, -0.2) is 53.6 Å². The van der Waals surface area contributed by atoms with Crippen molar-refractivity contribution < 1.29 is 23.5 Å². The summed E-state index contributed by atoms with van der Waals surface area (Å²) in [5.74, 6) is 0.748. The fourth-order valence-electron chi connectivity index (χ4n) is 5.61. The van der Waals surface area contributed by atoms with Gasteiger partial charge in [0, 0.05) is 29.4 Å². The molecule has 0 amide bonds. The van der Waals surface area contributed by atoms with E-state index in [4.69, 9.17) is 9.15 Å². The van der Waals surface area contributed by atoms with E-state index in [0.29, 0.717) is 5.76 Å². The van der Waals surface area contributed by atoms with E-state index in [9.17, 15) is 9.90 Å². The number of esters is 1. The Balaban J connectivity index is 1.34. The van der Waals surface area contributed by atoms with Gasteiger partial charge in [0.2, 0.25) is 5.60 Å². The van der Waals surface area contributed by atoms with Gasteiger partial charge in [-0.25, -0.2) is 4.79 Å². The number of hydrogen-bond donors (Lipinski definition) is 1. The van der Waals surface area contributed by atoms with Crippen molar-refractivity contribution >= 4 is 17.7 Å². The Kier molecular flexibility index (Phi) is 8.20. The fourth-order valence-corrected chi connectivity index (χ4v) is 6.47. The van der Waals surface area contributed by atoms with Gasteiger partial charge in [-0.15, -0.1) is 11.8 Å². The topological polar surface area (TPSA) is 59.7 Å². The molecule has 2 heterocycles. The number of quaternary nitrogens is 1. The zero-order valence-electron chi connectivity index (χ0n) is 19.8. The Labute approximate surface area is 202 Å². The number of rotatable bonds is 10. The Morgan fingerprint density at radius 1 is 1.15 bits per heavy atom. The number of likely N-dealkylation sites (N-methyl/N-ethyl adjacent to an activating group) is 1. The molecule has 0 radical (unpaired) electrons. The predicted molar refractivity (Wildman–Crippen MR) is 131 cm³/mol. The number of thioether (sulfide) groups is 1. The second-order valence-corrected chi connectivity index (χ2v) is 10.9. The largest absolute Gasteiger partial charge is 0.466 e. The van der Waals surface area contributed by atoms with Gasteiger partial charge in [0.25, 0.3) is 0 Å². The molecule has 33 heavy (non-hydrogen) atoms. The zero-order chi connectivity index (χ0) is 23.2. The van der Waals surface area contributed by atoms with Crippen molar-refractivity contribution in [2.24, 2.45) is 5.92 Å². The summed E-state index contributed by atoms with van der Waals surface area (Å²) in [4.78, 5) is 14.7. The number of benzene rings is 1. The Hall–Kier alpha value is -1.76. The first-order valence-corrected chi connectivity index (χ1v) is 13.5. The first-order valence-electron chi connectivity index (χ1n) is 12.6. The molecule has 3 atom stereocenters. The highest BCUT2D eigenvalue weighted by atomic mass is 32.2. The quantitative estimate of drug-likeness (QED) is 0.218. The molecule has 1 aromatic carbocycles. The number of nitrogens with zero attached hydrogens (tertiary/aromatic N) is 1. The molecule has 1 saturated heterocycles. The SMILES string of the molecule is CC[N+]1(CCCSc2ccccc2)CCC(OC(=O)C(O)(c2ccco2)C2CCCCC2)C1. The maximum atomic E-state index is 13.4. The van der Waals surface area contributed by atoms with Crippen LogP contribution < -0.4 is 0 Å². The number of aliphatic hydroxyl groups is 1. The monoisotopic (exact) mass is 472 g/mol. The molecule has 3 unspecified atom stereocenters. The second-order valence-electron chi connectivity index (χ2n) is 9.70. The third kappa shape index (κ3) is 5.67. The summed E-state index contributed by atoms with van der Waals surface area (Å²) < 4.78 is 12.5. The van der Waals surface area contributed by atoms with E-state index >= 15 is 0 Å². The van der Waals surface area contributed by atoms with E-state index in [1.807, 2.05) is 17.8 Å². The molecule has 180 valence electrons. The lowest BCUT2D eigenvalue weighted by molar-refractivity contribution is -0.916. The van der Waals surface area contributed by atoms with Crippen LogP contribution in [0.3, 0.4) is 0 Å². The number of hydrogen-bond acceptors (Lipinski definition) is 5. The van der Waals surface area contributed by atoms with Crippen molar-refractivity contribution in [3.05, 3.63) is 54.5 Å². The number of likely N-dealkylation sites (tertiary alicyclic amines) is 1. The molecular formula is C27H38NO4S+. The van der Waals surface area contributed by atoms with Crippen LogP contribution in [0.5, 0.6) is 0 Å². The first-order chi connectivity index (χ1) is 16.1. The van der Waals surface area contributed by atoms with Crippen molar-refractivity contribution in [1.29, 1.82) is 0 Å².